The van der Waals surface area contributed by atoms with Crippen molar-refractivity contribution in [2.45, 2.75) is 6.29 Å². The monoisotopic (exact) mass is 227 g/mol. The van der Waals surface area contributed by atoms with Crippen LogP contribution in [0.25, 0.3) is 0 Å². The molecule has 0 aliphatic heterocycles. The fourth-order valence-corrected chi connectivity index (χ4v) is 1.12. The van der Waals surface area contributed by atoms with Crippen molar-refractivity contribution in [3.05, 3.63) is 28.4 Å². The molecule has 7 heteroatoms. The van der Waals surface area contributed by atoms with Crippen molar-refractivity contribution in [3.63, 3.8) is 0 Å². The highest BCUT2D eigenvalue weighted by Gasteiger charge is 2.15. The third-order valence-electron chi connectivity index (χ3n) is 1.95. The van der Waals surface area contributed by atoms with Crippen LogP contribution in [-0.2, 0) is 9.47 Å². The van der Waals surface area contributed by atoms with E-state index in [1.165, 1.54) is 32.5 Å². The van der Waals surface area contributed by atoms with Gasteiger partial charge in [-0.3, -0.25) is 10.1 Å². The SMILES string of the molecule is COC(CNc1ncccc1[N+](=O)[O-])OC. The number of methoxy groups -OCH3 is 2. The Morgan fingerprint density at radius 1 is 1.56 bits per heavy atom. The first-order valence-corrected chi connectivity index (χ1v) is 4.58. The van der Waals surface area contributed by atoms with Crippen LogP contribution in [0.5, 0.6) is 0 Å². The van der Waals surface area contributed by atoms with E-state index in [4.69, 9.17) is 9.47 Å². The molecule has 0 spiro atoms. The molecule has 16 heavy (non-hydrogen) atoms. The van der Waals surface area contributed by atoms with E-state index >= 15 is 0 Å². The molecule has 1 heterocycles. The summed E-state index contributed by atoms with van der Waals surface area (Å²) < 4.78 is 9.88. The second-order valence-electron chi connectivity index (χ2n) is 2.91. The minimum absolute atomic E-state index is 0.0755. The molecule has 0 saturated carbocycles. The van der Waals surface area contributed by atoms with Crippen LogP contribution in [0.2, 0.25) is 0 Å². The number of anilines is 1. The van der Waals surface area contributed by atoms with E-state index < -0.39 is 11.2 Å². The number of ether oxygens (including phenoxy) is 2. The third-order valence-corrected chi connectivity index (χ3v) is 1.95. The minimum Gasteiger partial charge on any atom is -0.359 e. The van der Waals surface area contributed by atoms with E-state index in [0.29, 0.717) is 0 Å². The number of nitrogens with one attached hydrogen (secondary N) is 1. The normalized spacial score (nSPS) is 10.4. The van der Waals surface area contributed by atoms with Crippen LogP contribution < -0.4 is 5.32 Å². The number of nitrogens with zero attached hydrogens (tertiary/aromatic N) is 2. The zero-order valence-corrected chi connectivity index (χ0v) is 9.04. The second kappa shape index (κ2) is 5.99. The minimum atomic E-state index is -0.496. The summed E-state index contributed by atoms with van der Waals surface area (Å²) in [6.07, 6.45) is 1.01. The van der Waals surface area contributed by atoms with Crippen molar-refractivity contribution >= 4 is 11.5 Å². The highest BCUT2D eigenvalue weighted by molar-refractivity contribution is 5.54. The van der Waals surface area contributed by atoms with Crippen molar-refractivity contribution in [2.75, 3.05) is 26.1 Å². The lowest BCUT2D eigenvalue weighted by molar-refractivity contribution is -0.384. The van der Waals surface area contributed by atoms with Gasteiger partial charge in [0.05, 0.1) is 11.5 Å². The van der Waals surface area contributed by atoms with Crippen LogP contribution in [0.1, 0.15) is 0 Å². The van der Waals surface area contributed by atoms with Gasteiger partial charge in [0.25, 0.3) is 0 Å². The van der Waals surface area contributed by atoms with Crippen LogP contribution in [0.15, 0.2) is 18.3 Å². The van der Waals surface area contributed by atoms with Gasteiger partial charge in [-0.15, -0.1) is 0 Å². The number of nitro groups is 1. The number of rotatable bonds is 6. The molecular weight excluding hydrogens is 214 g/mol. The molecular formula is C9H13N3O4. The van der Waals surface area contributed by atoms with Gasteiger partial charge >= 0.3 is 5.69 Å². The Kier molecular flexibility index (Phi) is 4.62. The molecule has 0 saturated heterocycles. The van der Waals surface area contributed by atoms with Crippen LogP contribution >= 0.6 is 0 Å². The van der Waals surface area contributed by atoms with Crippen LogP contribution in [0, 0.1) is 10.1 Å². The Hall–Kier alpha value is -1.73. The summed E-state index contributed by atoms with van der Waals surface area (Å²) in [5.74, 6) is 0.201. The van der Waals surface area contributed by atoms with Crippen molar-refractivity contribution in [2.24, 2.45) is 0 Å². The average molecular weight is 227 g/mol. The molecule has 0 fully saturated rings. The van der Waals surface area contributed by atoms with Gasteiger partial charge in [0.2, 0.25) is 5.82 Å². The average Bonchev–Trinajstić information content (AvgIpc) is 2.30. The summed E-state index contributed by atoms with van der Waals surface area (Å²) in [4.78, 5) is 14.0. The maximum atomic E-state index is 10.7. The number of hydrogen-bond donors (Lipinski definition) is 1. The zero-order chi connectivity index (χ0) is 12.0. The molecule has 0 amide bonds. The maximum absolute atomic E-state index is 10.7. The fraction of sp³-hybridized carbons (Fsp3) is 0.444. The molecule has 0 bridgehead atoms. The number of aromatic nitrogens is 1. The van der Waals surface area contributed by atoms with E-state index in [1.54, 1.807) is 0 Å². The number of hydrogen-bond acceptors (Lipinski definition) is 6. The van der Waals surface area contributed by atoms with E-state index in [1.807, 2.05) is 0 Å². The molecule has 88 valence electrons. The van der Waals surface area contributed by atoms with Gasteiger partial charge in [-0.2, -0.15) is 0 Å². The van der Waals surface area contributed by atoms with Gasteiger partial charge < -0.3 is 14.8 Å². The lowest BCUT2D eigenvalue weighted by Gasteiger charge is -2.14. The van der Waals surface area contributed by atoms with Crippen LogP contribution in [-0.4, -0.2) is 37.0 Å². The molecule has 0 unspecified atom stereocenters. The van der Waals surface area contributed by atoms with E-state index in [0.717, 1.165) is 0 Å². The van der Waals surface area contributed by atoms with E-state index in [2.05, 4.69) is 10.3 Å². The summed E-state index contributed by atoms with van der Waals surface area (Å²) in [7, 11) is 2.98. The quantitative estimate of drug-likeness (QED) is 0.443. The summed E-state index contributed by atoms with van der Waals surface area (Å²) in [6, 6.07) is 2.89. The van der Waals surface area contributed by atoms with Gasteiger partial charge in [0.15, 0.2) is 6.29 Å². The third kappa shape index (κ3) is 3.14. The number of pyridine rings is 1. The molecule has 1 aromatic rings. The van der Waals surface area contributed by atoms with Crippen LogP contribution in [0.3, 0.4) is 0 Å². The Labute approximate surface area is 92.5 Å². The van der Waals surface area contributed by atoms with Gasteiger partial charge in [0, 0.05) is 26.5 Å². The lowest BCUT2D eigenvalue weighted by Crippen LogP contribution is -2.24. The van der Waals surface area contributed by atoms with Gasteiger partial charge in [-0.1, -0.05) is 0 Å². The van der Waals surface area contributed by atoms with Gasteiger partial charge in [-0.05, 0) is 6.07 Å². The van der Waals surface area contributed by atoms with Gasteiger partial charge in [-0.25, -0.2) is 4.98 Å². The topological polar surface area (TPSA) is 86.5 Å². The Bertz CT molecular complexity index is 354. The summed E-state index contributed by atoms with van der Waals surface area (Å²) in [6.45, 7) is 0.283. The van der Waals surface area contributed by atoms with Crippen molar-refractivity contribution in [3.8, 4) is 0 Å². The zero-order valence-electron chi connectivity index (χ0n) is 9.04. The summed E-state index contributed by atoms with van der Waals surface area (Å²) >= 11 is 0. The van der Waals surface area contributed by atoms with Crippen LogP contribution in [0.4, 0.5) is 11.5 Å². The molecule has 0 aliphatic carbocycles. The molecule has 1 aromatic heterocycles. The van der Waals surface area contributed by atoms with E-state index in [9.17, 15) is 10.1 Å². The first-order valence-electron chi connectivity index (χ1n) is 4.58. The fourth-order valence-electron chi connectivity index (χ4n) is 1.12. The first kappa shape index (κ1) is 12.3. The molecule has 0 aliphatic rings. The van der Waals surface area contributed by atoms with Crippen molar-refractivity contribution in [1.29, 1.82) is 0 Å². The van der Waals surface area contributed by atoms with Crippen molar-refractivity contribution in [1.82, 2.24) is 4.98 Å². The Balaban J connectivity index is 2.69. The molecule has 0 aromatic carbocycles. The lowest BCUT2D eigenvalue weighted by atomic mass is 10.4. The smallest absolute Gasteiger partial charge is 0.311 e. The second-order valence-corrected chi connectivity index (χ2v) is 2.91. The molecule has 1 N–H and O–H groups in total. The molecule has 7 nitrogen and oxygen atoms in total. The summed E-state index contributed by atoms with van der Waals surface area (Å²) in [5.41, 5.74) is -0.0755. The predicted octanol–water partition coefficient (Wildman–Crippen LogP) is 1.02. The molecule has 1 rings (SSSR count). The maximum Gasteiger partial charge on any atom is 0.311 e. The van der Waals surface area contributed by atoms with Gasteiger partial charge in [0.1, 0.15) is 0 Å². The standard InChI is InChI=1S/C9H13N3O4/c1-15-8(16-2)6-11-9-7(12(13)14)4-3-5-10-9/h3-5,8H,6H2,1-2H3,(H,10,11). The Morgan fingerprint density at radius 2 is 2.25 bits per heavy atom. The predicted molar refractivity (Wildman–Crippen MR) is 57.2 cm³/mol. The van der Waals surface area contributed by atoms with Crippen molar-refractivity contribution < 1.29 is 14.4 Å². The first-order chi connectivity index (χ1) is 7.69. The highest BCUT2D eigenvalue weighted by atomic mass is 16.7. The summed E-state index contributed by atoms with van der Waals surface area (Å²) in [5, 5.41) is 13.5. The largest absolute Gasteiger partial charge is 0.359 e. The molecule has 0 radical (unpaired) electrons. The Morgan fingerprint density at radius 3 is 2.81 bits per heavy atom. The molecule has 0 atom stereocenters. The van der Waals surface area contributed by atoms with E-state index in [-0.39, 0.29) is 18.1 Å². The highest BCUT2D eigenvalue weighted by Crippen LogP contribution is 2.19.